The number of rotatable bonds is 9. The molecular weight excluding hydrogens is 440 g/mol. The number of nitrogens with two attached hydrogens (primary N) is 1. The molecule has 4 N–H and O–H groups in total. The van der Waals surface area contributed by atoms with Crippen LogP contribution in [0.3, 0.4) is 0 Å². The molecule has 1 amide bonds. The molecule has 3 rings (SSSR count). The van der Waals surface area contributed by atoms with Gasteiger partial charge in [-0.25, -0.2) is 4.79 Å². The number of aliphatic hydroxyl groups is 1. The Labute approximate surface area is 195 Å². The van der Waals surface area contributed by atoms with Crippen molar-refractivity contribution in [1.29, 1.82) is 0 Å². The van der Waals surface area contributed by atoms with E-state index in [0.717, 1.165) is 10.5 Å². The molecule has 0 fully saturated rings. The molecule has 0 spiro atoms. The van der Waals surface area contributed by atoms with Crippen molar-refractivity contribution < 1.29 is 19.4 Å². The number of nitrogen functional groups attached to an aromatic ring is 1. The van der Waals surface area contributed by atoms with E-state index < -0.39 is 23.8 Å². The van der Waals surface area contributed by atoms with Crippen molar-refractivity contribution in [3.63, 3.8) is 0 Å². The first-order chi connectivity index (χ1) is 16.4. The summed E-state index contributed by atoms with van der Waals surface area (Å²) in [6.07, 6.45) is 2.72. The van der Waals surface area contributed by atoms with Crippen LogP contribution in [0.2, 0.25) is 0 Å². The van der Waals surface area contributed by atoms with Crippen LogP contribution in [0.15, 0.2) is 64.2 Å². The lowest BCUT2D eigenvalue weighted by Gasteiger charge is -2.22. The zero-order valence-electron chi connectivity index (χ0n) is 18.9. The van der Waals surface area contributed by atoms with Gasteiger partial charge in [0, 0.05) is 18.2 Å². The van der Waals surface area contributed by atoms with Gasteiger partial charge >= 0.3 is 5.69 Å². The second-order valence-electron chi connectivity index (χ2n) is 7.22. The number of nitrogens with one attached hydrogen (secondary N) is 1. The number of aromatic amines is 1. The molecule has 0 saturated carbocycles. The second-order valence-corrected chi connectivity index (χ2v) is 7.22. The Balaban J connectivity index is 2.01. The topological polar surface area (TPSA) is 140 Å². The van der Waals surface area contributed by atoms with E-state index >= 15 is 0 Å². The number of aromatic nitrogens is 2. The summed E-state index contributed by atoms with van der Waals surface area (Å²) in [6, 6.07) is 14.1. The molecule has 1 aromatic heterocycles. The number of hydrogen-bond acceptors (Lipinski definition) is 7. The highest BCUT2D eigenvalue weighted by Crippen LogP contribution is 2.25. The molecule has 0 aliphatic rings. The third kappa shape index (κ3) is 5.36. The summed E-state index contributed by atoms with van der Waals surface area (Å²) >= 11 is 0. The van der Waals surface area contributed by atoms with Crippen LogP contribution in [0.4, 0.5) is 11.5 Å². The molecule has 10 heteroatoms. The van der Waals surface area contributed by atoms with E-state index in [0.29, 0.717) is 17.1 Å². The average Bonchev–Trinajstić information content (AvgIpc) is 2.84. The molecular formula is C24H26N4O6. The van der Waals surface area contributed by atoms with E-state index in [2.05, 4.69) is 4.98 Å². The van der Waals surface area contributed by atoms with E-state index in [-0.39, 0.29) is 24.6 Å². The van der Waals surface area contributed by atoms with Crippen molar-refractivity contribution in [3.05, 3.63) is 86.6 Å². The van der Waals surface area contributed by atoms with Gasteiger partial charge in [-0.15, -0.1) is 0 Å². The number of aliphatic hydroxyl groups excluding tert-OH is 1. The van der Waals surface area contributed by atoms with Crippen LogP contribution in [0.25, 0.3) is 6.08 Å². The first kappa shape index (κ1) is 24.3. The van der Waals surface area contributed by atoms with Gasteiger partial charge in [0.25, 0.3) is 11.5 Å². The fourth-order valence-corrected chi connectivity index (χ4v) is 3.41. The maximum atomic E-state index is 13.1. The third-order valence-electron chi connectivity index (χ3n) is 5.10. The SMILES string of the molecule is COc1ccc(OC)c(/C=C/C(=O)N(CCO)c2c(N)n(Cc3ccccc3)c(=O)[nH]c2=O)c1. The summed E-state index contributed by atoms with van der Waals surface area (Å²) in [5, 5.41) is 9.55. The Hall–Kier alpha value is -4.31. The van der Waals surface area contributed by atoms with Crippen LogP contribution in [-0.2, 0) is 11.3 Å². The van der Waals surface area contributed by atoms with E-state index in [4.69, 9.17) is 15.2 Å². The Morgan fingerprint density at radius 3 is 2.53 bits per heavy atom. The molecule has 10 nitrogen and oxygen atoms in total. The fourth-order valence-electron chi connectivity index (χ4n) is 3.41. The number of carbonyl (C=O) groups excluding carboxylic acids is 1. The van der Waals surface area contributed by atoms with Crippen molar-refractivity contribution in [2.75, 3.05) is 38.0 Å². The molecule has 0 atom stereocenters. The van der Waals surface area contributed by atoms with Gasteiger partial charge in [-0.3, -0.25) is 24.0 Å². The van der Waals surface area contributed by atoms with E-state index in [1.165, 1.54) is 30.9 Å². The molecule has 0 bridgehead atoms. The molecule has 0 unspecified atom stereocenters. The number of methoxy groups -OCH3 is 2. The molecule has 0 radical (unpaired) electrons. The van der Waals surface area contributed by atoms with Gasteiger partial charge in [0.15, 0.2) is 5.69 Å². The minimum absolute atomic E-state index is 0.0906. The summed E-state index contributed by atoms with van der Waals surface area (Å²) < 4.78 is 11.7. The maximum absolute atomic E-state index is 13.1. The van der Waals surface area contributed by atoms with Crippen LogP contribution in [0.1, 0.15) is 11.1 Å². The quantitative estimate of drug-likeness (QED) is 0.403. The minimum atomic E-state index is -0.832. The summed E-state index contributed by atoms with van der Waals surface area (Å²) in [6.45, 7) is -0.554. The van der Waals surface area contributed by atoms with Gasteiger partial charge < -0.3 is 20.3 Å². The van der Waals surface area contributed by atoms with E-state index in [1.807, 2.05) is 18.2 Å². The van der Waals surface area contributed by atoms with E-state index in [9.17, 15) is 19.5 Å². The van der Waals surface area contributed by atoms with Crippen LogP contribution < -0.4 is 31.4 Å². The maximum Gasteiger partial charge on any atom is 0.330 e. The molecule has 1 heterocycles. The molecule has 178 valence electrons. The monoisotopic (exact) mass is 466 g/mol. The van der Waals surface area contributed by atoms with Gasteiger partial charge in [-0.1, -0.05) is 30.3 Å². The van der Waals surface area contributed by atoms with Gasteiger partial charge in [0.2, 0.25) is 0 Å². The lowest BCUT2D eigenvalue weighted by Crippen LogP contribution is -2.41. The van der Waals surface area contributed by atoms with Crippen LogP contribution in [0.5, 0.6) is 11.5 Å². The predicted molar refractivity (Wildman–Crippen MR) is 129 cm³/mol. The summed E-state index contributed by atoms with van der Waals surface area (Å²) in [5.74, 6) is 0.258. The van der Waals surface area contributed by atoms with Crippen molar-refractivity contribution in [1.82, 2.24) is 9.55 Å². The van der Waals surface area contributed by atoms with Crippen LogP contribution in [-0.4, -0.2) is 47.9 Å². The zero-order valence-corrected chi connectivity index (χ0v) is 18.9. The Kier molecular flexibility index (Phi) is 7.88. The Morgan fingerprint density at radius 2 is 1.88 bits per heavy atom. The van der Waals surface area contributed by atoms with Gasteiger partial charge in [0.1, 0.15) is 17.3 Å². The third-order valence-corrected chi connectivity index (χ3v) is 5.10. The lowest BCUT2D eigenvalue weighted by atomic mass is 10.1. The second kappa shape index (κ2) is 11.0. The Bertz CT molecular complexity index is 1300. The Morgan fingerprint density at radius 1 is 1.15 bits per heavy atom. The smallest absolute Gasteiger partial charge is 0.330 e. The number of carbonyl (C=O) groups is 1. The molecule has 3 aromatic rings. The van der Waals surface area contributed by atoms with Gasteiger partial charge in [-0.05, 0) is 29.8 Å². The number of nitrogens with zero attached hydrogens (tertiary/aromatic N) is 2. The number of amides is 1. The summed E-state index contributed by atoms with van der Waals surface area (Å²) in [4.78, 5) is 41.4. The highest BCUT2D eigenvalue weighted by atomic mass is 16.5. The molecule has 2 aromatic carbocycles. The zero-order chi connectivity index (χ0) is 24.7. The standard InChI is InChI=1S/C24H26N4O6/c1-33-18-9-10-19(34-2)17(14-18)8-11-20(30)27(12-13-29)21-22(25)28(24(32)26-23(21)31)15-16-6-4-3-5-7-16/h3-11,14,29H,12-13,15,25H2,1-2H3,(H,26,31,32)/b11-8+. The van der Waals surface area contributed by atoms with Crippen molar-refractivity contribution in [2.45, 2.75) is 6.54 Å². The number of anilines is 2. The lowest BCUT2D eigenvalue weighted by molar-refractivity contribution is -0.114. The number of hydrogen-bond donors (Lipinski definition) is 3. The average molecular weight is 466 g/mol. The first-order valence-electron chi connectivity index (χ1n) is 10.4. The number of benzene rings is 2. The van der Waals surface area contributed by atoms with E-state index in [1.54, 1.807) is 30.3 Å². The normalized spacial score (nSPS) is 10.9. The van der Waals surface area contributed by atoms with Crippen LogP contribution in [0, 0.1) is 0 Å². The summed E-state index contributed by atoms with van der Waals surface area (Å²) in [7, 11) is 3.01. The highest BCUT2D eigenvalue weighted by molar-refractivity contribution is 6.05. The fraction of sp³-hybridized carbons (Fsp3) is 0.208. The molecule has 0 aliphatic carbocycles. The van der Waals surface area contributed by atoms with Gasteiger partial charge in [0.05, 0.1) is 27.4 Å². The highest BCUT2D eigenvalue weighted by Gasteiger charge is 2.23. The van der Waals surface area contributed by atoms with Crippen molar-refractivity contribution in [2.24, 2.45) is 0 Å². The number of ether oxygens (including phenoxy) is 2. The molecule has 0 saturated heterocycles. The number of H-pyrrole nitrogens is 1. The molecule has 34 heavy (non-hydrogen) atoms. The largest absolute Gasteiger partial charge is 0.497 e. The first-order valence-corrected chi connectivity index (χ1v) is 10.4. The predicted octanol–water partition coefficient (Wildman–Crippen LogP) is 1.22. The minimum Gasteiger partial charge on any atom is -0.497 e. The van der Waals surface area contributed by atoms with Gasteiger partial charge in [-0.2, -0.15) is 0 Å². The van der Waals surface area contributed by atoms with Crippen LogP contribution >= 0.6 is 0 Å². The summed E-state index contributed by atoms with van der Waals surface area (Å²) in [5.41, 5.74) is 5.78. The van der Waals surface area contributed by atoms with Crippen molar-refractivity contribution >= 4 is 23.5 Å². The van der Waals surface area contributed by atoms with Crippen molar-refractivity contribution in [3.8, 4) is 11.5 Å². The molecule has 0 aliphatic heterocycles.